The number of hydrogen-bond acceptors (Lipinski definition) is 6. The standard InChI is InChI=1S/C32H38F3N3O4/c1-19-27(29(30(39)40)42-31(2,3)4)28(38-12-10-32(5,6)11-13-38)22(18-36-19)26-8-7-21(17-37-26)41-14-9-20-15-24(34)25(35)16-23(20)33/h7-8,15-18,29H,9-14H2,1-6H3,(H,39,40). The first kappa shape index (κ1) is 31.3. The van der Waals surface area contributed by atoms with Gasteiger partial charge in [0.15, 0.2) is 17.7 Å². The Bertz CT molecular complexity index is 1430. The highest BCUT2D eigenvalue weighted by atomic mass is 19.2. The van der Waals surface area contributed by atoms with Gasteiger partial charge in [-0.05, 0) is 69.7 Å². The van der Waals surface area contributed by atoms with Gasteiger partial charge >= 0.3 is 5.97 Å². The van der Waals surface area contributed by atoms with E-state index in [4.69, 9.17) is 9.47 Å². The average Bonchev–Trinajstić information content (AvgIpc) is 2.90. The fraction of sp³-hybridized carbons (Fsp3) is 0.469. The highest BCUT2D eigenvalue weighted by molar-refractivity contribution is 5.85. The van der Waals surface area contributed by atoms with E-state index < -0.39 is 35.1 Å². The average molecular weight is 586 g/mol. The summed E-state index contributed by atoms with van der Waals surface area (Å²) in [5, 5.41) is 10.3. The molecule has 1 fully saturated rings. The van der Waals surface area contributed by atoms with Crippen molar-refractivity contribution in [2.24, 2.45) is 5.41 Å². The van der Waals surface area contributed by atoms with Gasteiger partial charge in [-0.3, -0.25) is 9.97 Å². The molecule has 42 heavy (non-hydrogen) atoms. The molecule has 0 bridgehead atoms. The molecule has 1 aliphatic heterocycles. The van der Waals surface area contributed by atoms with Crippen LogP contribution in [-0.2, 0) is 16.0 Å². The quantitative estimate of drug-likeness (QED) is 0.269. The van der Waals surface area contributed by atoms with Gasteiger partial charge in [0.25, 0.3) is 0 Å². The van der Waals surface area contributed by atoms with Crippen LogP contribution in [0.25, 0.3) is 11.3 Å². The number of aliphatic carboxylic acids is 1. The monoisotopic (exact) mass is 585 g/mol. The summed E-state index contributed by atoms with van der Waals surface area (Å²) >= 11 is 0. The summed E-state index contributed by atoms with van der Waals surface area (Å²) in [5.41, 5.74) is 2.53. The second-order valence-corrected chi connectivity index (χ2v) is 12.5. The van der Waals surface area contributed by atoms with Crippen molar-refractivity contribution in [2.75, 3.05) is 24.6 Å². The Labute approximate surface area is 244 Å². The molecule has 7 nitrogen and oxygen atoms in total. The maximum atomic E-state index is 14.0. The van der Waals surface area contributed by atoms with E-state index in [1.807, 2.05) is 20.8 Å². The SMILES string of the molecule is Cc1ncc(-c2ccc(OCCc3cc(F)c(F)cc3F)cn2)c(N2CCC(C)(C)CC2)c1C(OC(C)(C)C)C(=O)O. The lowest BCUT2D eigenvalue weighted by molar-refractivity contribution is -0.160. The number of rotatable bonds is 9. The summed E-state index contributed by atoms with van der Waals surface area (Å²) in [5.74, 6) is -3.88. The number of anilines is 1. The molecule has 4 rings (SSSR count). The van der Waals surface area contributed by atoms with E-state index in [1.165, 1.54) is 6.20 Å². The number of carbonyl (C=O) groups is 1. The predicted octanol–water partition coefficient (Wildman–Crippen LogP) is 7.06. The van der Waals surface area contributed by atoms with Gasteiger partial charge in [0.2, 0.25) is 0 Å². The number of benzene rings is 1. The summed E-state index contributed by atoms with van der Waals surface area (Å²) in [7, 11) is 0. The minimum Gasteiger partial charge on any atom is -0.492 e. The van der Waals surface area contributed by atoms with Crippen molar-refractivity contribution in [1.82, 2.24) is 9.97 Å². The van der Waals surface area contributed by atoms with Crippen molar-refractivity contribution < 1.29 is 32.5 Å². The summed E-state index contributed by atoms with van der Waals surface area (Å²) in [4.78, 5) is 23.9. The topological polar surface area (TPSA) is 84.8 Å². The van der Waals surface area contributed by atoms with E-state index in [0.29, 0.717) is 34.3 Å². The van der Waals surface area contributed by atoms with Gasteiger partial charge in [-0.1, -0.05) is 13.8 Å². The van der Waals surface area contributed by atoms with Crippen molar-refractivity contribution in [3.8, 4) is 17.0 Å². The summed E-state index contributed by atoms with van der Waals surface area (Å²) in [6.45, 7) is 13.2. The molecule has 3 heterocycles. The van der Waals surface area contributed by atoms with Gasteiger partial charge in [-0.25, -0.2) is 18.0 Å². The van der Waals surface area contributed by atoms with Crippen LogP contribution >= 0.6 is 0 Å². The number of hydrogen-bond donors (Lipinski definition) is 1. The predicted molar refractivity (Wildman–Crippen MR) is 154 cm³/mol. The minimum absolute atomic E-state index is 0.0107. The second kappa shape index (κ2) is 12.3. The Morgan fingerprint density at radius 2 is 1.71 bits per heavy atom. The summed E-state index contributed by atoms with van der Waals surface area (Å²) in [6.07, 6.45) is 3.89. The Balaban J connectivity index is 1.66. The van der Waals surface area contributed by atoms with Gasteiger partial charge in [0.05, 0.1) is 29.8 Å². The fourth-order valence-corrected chi connectivity index (χ4v) is 5.03. The van der Waals surface area contributed by atoms with Crippen LogP contribution in [0.4, 0.5) is 18.9 Å². The lowest BCUT2D eigenvalue weighted by Gasteiger charge is -2.40. The van der Waals surface area contributed by atoms with Gasteiger partial charge in [0.1, 0.15) is 11.6 Å². The first-order valence-corrected chi connectivity index (χ1v) is 14.0. The molecule has 0 amide bonds. The molecule has 1 unspecified atom stereocenters. The molecule has 10 heteroatoms. The van der Waals surface area contributed by atoms with Crippen LogP contribution in [0.1, 0.15) is 70.4 Å². The van der Waals surface area contributed by atoms with Crippen molar-refractivity contribution >= 4 is 11.7 Å². The van der Waals surface area contributed by atoms with Crippen molar-refractivity contribution in [1.29, 1.82) is 0 Å². The smallest absolute Gasteiger partial charge is 0.337 e. The maximum Gasteiger partial charge on any atom is 0.337 e. The molecule has 0 spiro atoms. The van der Waals surface area contributed by atoms with Crippen LogP contribution in [0.3, 0.4) is 0 Å². The van der Waals surface area contributed by atoms with E-state index in [2.05, 4.69) is 28.7 Å². The number of ether oxygens (including phenoxy) is 2. The molecule has 226 valence electrons. The number of aromatic nitrogens is 2. The van der Waals surface area contributed by atoms with E-state index in [0.717, 1.165) is 37.7 Å². The zero-order chi connectivity index (χ0) is 30.8. The largest absolute Gasteiger partial charge is 0.492 e. The number of nitrogens with zero attached hydrogens (tertiary/aromatic N) is 3. The summed E-state index contributed by atoms with van der Waals surface area (Å²) in [6, 6.07) is 4.80. The Hall–Kier alpha value is -3.66. The molecular formula is C32H38F3N3O4. The number of carboxylic acids is 1. The number of carboxylic acid groups (broad SMARTS) is 1. The third-order valence-corrected chi connectivity index (χ3v) is 7.42. The molecule has 1 N–H and O–H groups in total. The molecular weight excluding hydrogens is 547 g/mol. The minimum atomic E-state index is -1.24. The second-order valence-electron chi connectivity index (χ2n) is 12.5. The van der Waals surface area contributed by atoms with E-state index in [-0.39, 0.29) is 24.0 Å². The highest BCUT2D eigenvalue weighted by Crippen LogP contribution is 2.43. The van der Waals surface area contributed by atoms with Crippen LogP contribution in [0.15, 0.2) is 36.7 Å². The van der Waals surface area contributed by atoms with Crippen molar-refractivity contribution in [2.45, 2.75) is 72.5 Å². The molecule has 3 aromatic rings. The van der Waals surface area contributed by atoms with Gasteiger partial charge in [0, 0.05) is 48.6 Å². The van der Waals surface area contributed by atoms with E-state index in [1.54, 1.807) is 25.3 Å². The van der Waals surface area contributed by atoms with Gasteiger partial charge in [-0.2, -0.15) is 0 Å². The number of aryl methyl sites for hydroxylation is 1. The lowest BCUT2D eigenvalue weighted by atomic mass is 9.82. The molecule has 1 saturated heterocycles. The Morgan fingerprint density at radius 3 is 2.31 bits per heavy atom. The number of pyridine rings is 2. The summed E-state index contributed by atoms with van der Waals surface area (Å²) < 4.78 is 52.4. The van der Waals surface area contributed by atoms with Crippen LogP contribution in [0.5, 0.6) is 5.75 Å². The van der Waals surface area contributed by atoms with Crippen LogP contribution in [0, 0.1) is 29.8 Å². The van der Waals surface area contributed by atoms with E-state index >= 15 is 0 Å². The number of halogens is 3. The van der Waals surface area contributed by atoms with Gasteiger partial charge in [-0.15, -0.1) is 0 Å². The Kier molecular flexibility index (Phi) is 9.15. The zero-order valence-electron chi connectivity index (χ0n) is 24.9. The molecule has 0 saturated carbocycles. The van der Waals surface area contributed by atoms with Crippen molar-refractivity contribution in [3.63, 3.8) is 0 Å². The van der Waals surface area contributed by atoms with E-state index in [9.17, 15) is 23.1 Å². The molecule has 1 aliphatic rings. The molecule has 2 aromatic heterocycles. The highest BCUT2D eigenvalue weighted by Gasteiger charge is 2.36. The third kappa shape index (κ3) is 7.40. The normalized spacial score (nSPS) is 15.9. The first-order chi connectivity index (χ1) is 19.6. The zero-order valence-corrected chi connectivity index (χ0v) is 24.9. The van der Waals surface area contributed by atoms with Crippen LogP contribution in [-0.4, -0.2) is 46.3 Å². The molecule has 1 atom stereocenters. The first-order valence-electron chi connectivity index (χ1n) is 14.0. The lowest BCUT2D eigenvalue weighted by Crippen LogP contribution is -2.39. The molecule has 0 radical (unpaired) electrons. The fourth-order valence-electron chi connectivity index (χ4n) is 5.03. The van der Waals surface area contributed by atoms with Gasteiger partial charge < -0.3 is 19.5 Å². The van der Waals surface area contributed by atoms with Crippen LogP contribution < -0.4 is 9.64 Å². The number of piperidine rings is 1. The maximum absolute atomic E-state index is 14.0. The van der Waals surface area contributed by atoms with Crippen LogP contribution in [0.2, 0.25) is 0 Å². The third-order valence-electron chi connectivity index (χ3n) is 7.42. The Morgan fingerprint density at radius 1 is 1.05 bits per heavy atom. The molecule has 0 aliphatic carbocycles. The molecule has 1 aromatic carbocycles. The van der Waals surface area contributed by atoms with Crippen molar-refractivity contribution in [3.05, 3.63) is 70.9 Å².